The van der Waals surface area contributed by atoms with Crippen molar-refractivity contribution in [1.29, 1.82) is 0 Å². The number of hydrogen-bond donors (Lipinski definition) is 2. The van der Waals surface area contributed by atoms with Crippen molar-refractivity contribution < 1.29 is 9.59 Å². The molecule has 6 nitrogen and oxygen atoms in total. The molecular weight excluding hydrogens is 252 g/mol. The van der Waals surface area contributed by atoms with Crippen molar-refractivity contribution in [1.82, 2.24) is 10.2 Å². The summed E-state index contributed by atoms with van der Waals surface area (Å²) in [6.07, 6.45) is 0. The zero-order valence-electron chi connectivity index (χ0n) is 9.51. The van der Waals surface area contributed by atoms with Gasteiger partial charge in [0.05, 0.1) is 0 Å². The van der Waals surface area contributed by atoms with Gasteiger partial charge in [-0.3, -0.25) is 14.9 Å². The number of anilines is 2. The minimum atomic E-state index is -0.263. The number of rotatable bonds is 3. The van der Waals surface area contributed by atoms with Gasteiger partial charge in [0.15, 0.2) is 0 Å². The highest BCUT2D eigenvalue weighted by atomic mass is 32.1. The number of carbonyl (C=O) groups is 2. The lowest BCUT2D eigenvalue weighted by Gasteiger charge is -1.99. The van der Waals surface area contributed by atoms with E-state index in [4.69, 9.17) is 0 Å². The Morgan fingerprint density at radius 1 is 1.06 bits per heavy atom. The van der Waals surface area contributed by atoms with Gasteiger partial charge in [0.2, 0.25) is 16.2 Å². The second-order valence-corrected chi connectivity index (χ2v) is 4.39. The van der Waals surface area contributed by atoms with Crippen molar-refractivity contribution in [3.05, 3.63) is 35.9 Å². The molecule has 0 unspecified atom stereocenters. The van der Waals surface area contributed by atoms with Gasteiger partial charge in [-0.2, -0.15) is 0 Å². The summed E-state index contributed by atoms with van der Waals surface area (Å²) in [7, 11) is 0. The molecule has 1 aromatic heterocycles. The number of aromatic nitrogens is 2. The van der Waals surface area contributed by atoms with Crippen LogP contribution in [0.5, 0.6) is 0 Å². The van der Waals surface area contributed by atoms with Crippen LogP contribution >= 0.6 is 11.3 Å². The second-order valence-electron chi connectivity index (χ2n) is 3.41. The smallest absolute Gasteiger partial charge is 0.257 e. The van der Waals surface area contributed by atoms with Crippen molar-refractivity contribution in [2.24, 2.45) is 0 Å². The topological polar surface area (TPSA) is 84.0 Å². The fourth-order valence-corrected chi connectivity index (χ4v) is 1.92. The third kappa shape index (κ3) is 3.11. The van der Waals surface area contributed by atoms with E-state index in [1.165, 1.54) is 6.92 Å². The summed E-state index contributed by atoms with van der Waals surface area (Å²) < 4.78 is 0. The highest BCUT2D eigenvalue weighted by molar-refractivity contribution is 7.19. The maximum absolute atomic E-state index is 11.8. The van der Waals surface area contributed by atoms with E-state index in [0.717, 1.165) is 11.3 Å². The van der Waals surface area contributed by atoms with Crippen LogP contribution in [-0.2, 0) is 4.79 Å². The van der Waals surface area contributed by atoms with E-state index in [-0.39, 0.29) is 11.8 Å². The average Bonchev–Trinajstić information content (AvgIpc) is 2.76. The predicted molar refractivity (Wildman–Crippen MR) is 68.6 cm³/mol. The Bertz CT molecular complexity index is 567. The molecule has 0 aliphatic carbocycles. The van der Waals surface area contributed by atoms with Crippen molar-refractivity contribution >= 4 is 33.4 Å². The van der Waals surface area contributed by atoms with Gasteiger partial charge in [0.25, 0.3) is 5.91 Å². The first kappa shape index (κ1) is 12.2. The number of nitrogens with zero attached hydrogens (tertiary/aromatic N) is 2. The fourth-order valence-electron chi connectivity index (χ4n) is 1.23. The molecule has 0 radical (unpaired) electrons. The molecule has 0 saturated heterocycles. The Kier molecular flexibility index (Phi) is 3.63. The number of benzene rings is 1. The molecule has 0 aliphatic heterocycles. The number of carbonyl (C=O) groups excluding carboxylic acids is 2. The van der Waals surface area contributed by atoms with Gasteiger partial charge < -0.3 is 5.32 Å². The molecule has 0 aliphatic rings. The third-order valence-electron chi connectivity index (χ3n) is 1.96. The van der Waals surface area contributed by atoms with Gasteiger partial charge in [-0.05, 0) is 12.1 Å². The van der Waals surface area contributed by atoms with Gasteiger partial charge in [0.1, 0.15) is 0 Å². The summed E-state index contributed by atoms with van der Waals surface area (Å²) in [5.74, 6) is -0.492. The Balaban J connectivity index is 2.04. The zero-order chi connectivity index (χ0) is 13.0. The Hall–Kier alpha value is -2.28. The van der Waals surface area contributed by atoms with Crippen molar-refractivity contribution in [3.63, 3.8) is 0 Å². The zero-order valence-corrected chi connectivity index (χ0v) is 10.3. The summed E-state index contributed by atoms with van der Waals surface area (Å²) in [6.45, 7) is 1.38. The summed E-state index contributed by atoms with van der Waals surface area (Å²) in [5.41, 5.74) is 0.536. The van der Waals surface area contributed by atoms with E-state index in [2.05, 4.69) is 20.8 Å². The van der Waals surface area contributed by atoms with Gasteiger partial charge in [-0.1, -0.05) is 29.5 Å². The van der Waals surface area contributed by atoms with Crippen LogP contribution < -0.4 is 10.6 Å². The molecule has 92 valence electrons. The Labute approximate surface area is 107 Å². The van der Waals surface area contributed by atoms with E-state index in [1.54, 1.807) is 24.3 Å². The highest BCUT2D eigenvalue weighted by Crippen LogP contribution is 2.20. The number of nitrogens with one attached hydrogen (secondary N) is 2. The lowest BCUT2D eigenvalue weighted by molar-refractivity contribution is -0.114. The lowest BCUT2D eigenvalue weighted by atomic mass is 10.2. The summed E-state index contributed by atoms with van der Waals surface area (Å²) >= 11 is 1.10. The van der Waals surface area contributed by atoms with Crippen LogP contribution in [0.2, 0.25) is 0 Å². The van der Waals surface area contributed by atoms with Crippen LogP contribution in [0.3, 0.4) is 0 Å². The molecule has 0 spiro atoms. The first-order valence-corrected chi connectivity index (χ1v) is 5.94. The van der Waals surface area contributed by atoms with Gasteiger partial charge in [-0.25, -0.2) is 0 Å². The Morgan fingerprint density at radius 2 is 1.67 bits per heavy atom. The second kappa shape index (κ2) is 5.37. The van der Waals surface area contributed by atoms with E-state index >= 15 is 0 Å². The largest absolute Gasteiger partial charge is 0.301 e. The van der Waals surface area contributed by atoms with Crippen LogP contribution in [0, 0.1) is 0 Å². The van der Waals surface area contributed by atoms with Crippen LogP contribution in [0.15, 0.2) is 30.3 Å². The molecule has 2 amide bonds. The molecule has 2 rings (SSSR count). The van der Waals surface area contributed by atoms with E-state index < -0.39 is 0 Å². The van der Waals surface area contributed by atoms with Crippen LogP contribution in [0.1, 0.15) is 17.3 Å². The van der Waals surface area contributed by atoms with Crippen LogP contribution in [0.25, 0.3) is 0 Å². The van der Waals surface area contributed by atoms with E-state index in [1.807, 2.05) is 6.07 Å². The van der Waals surface area contributed by atoms with Gasteiger partial charge in [0, 0.05) is 12.5 Å². The van der Waals surface area contributed by atoms with Crippen molar-refractivity contribution in [3.8, 4) is 0 Å². The SMILES string of the molecule is CC(=O)Nc1nnc(NC(=O)c2ccccc2)s1. The lowest BCUT2D eigenvalue weighted by Crippen LogP contribution is -2.11. The summed E-state index contributed by atoms with van der Waals surface area (Å²) in [5, 5.41) is 13.3. The first-order chi connectivity index (χ1) is 8.65. The maximum atomic E-state index is 11.8. The molecule has 1 heterocycles. The highest BCUT2D eigenvalue weighted by Gasteiger charge is 2.10. The molecule has 0 atom stereocenters. The van der Waals surface area contributed by atoms with Gasteiger partial charge in [-0.15, -0.1) is 10.2 Å². The quantitative estimate of drug-likeness (QED) is 0.882. The number of amides is 2. The average molecular weight is 262 g/mol. The first-order valence-electron chi connectivity index (χ1n) is 5.12. The molecule has 7 heteroatoms. The van der Waals surface area contributed by atoms with Crippen LogP contribution in [-0.4, -0.2) is 22.0 Å². The van der Waals surface area contributed by atoms with Crippen molar-refractivity contribution in [2.75, 3.05) is 10.6 Å². The third-order valence-corrected chi connectivity index (χ3v) is 2.72. The maximum Gasteiger partial charge on any atom is 0.257 e. The van der Waals surface area contributed by atoms with Gasteiger partial charge >= 0.3 is 0 Å². The monoisotopic (exact) mass is 262 g/mol. The summed E-state index contributed by atoms with van der Waals surface area (Å²) in [6, 6.07) is 8.78. The molecular formula is C11H10N4O2S. The molecule has 0 fully saturated rings. The molecule has 1 aromatic carbocycles. The summed E-state index contributed by atoms with van der Waals surface area (Å²) in [4.78, 5) is 22.6. The predicted octanol–water partition coefficient (Wildman–Crippen LogP) is 1.75. The number of hydrogen-bond acceptors (Lipinski definition) is 5. The molecule has 2 N–H and O–H groups in total. The van der Waals surface area contributed by atoms with E-state index in [0.29, 0.717) is 15.8 Å². The van der Waals surface area contributed by atoms with Crippen LogP contribution in [0.4, 0.5) is 10.3 Å². The van der Waals surface area contributed by atoms with E-state index in [9.17, 15) is 9.59 Å². The molecule has 0 saturated carbocycles. The standard InChI is InChI=1S/C11H10N4O2S/c1-7(16)12-10-14-15-11(18-10)13-9(17)8-5-3-2-4-6-8/h2-6H,1H3,(H,12,14,16)(H,13,15,17). The molecule has 0 bridgehead atoms. The fraction of sp³-hybridized carbons (Fsp3) is 0.0909. The Morgan fingerprint density at radius 3 is 2.28 bits per heavy atom. The molecule has 2 aromatic rings. The molecule has 18 heavy (non-hydrogen) atoms. The van der Waals surface area contributed by atoms with Crippen molar-refractivity contribution in [2.45, 2.75) is 6.92 Å². The minimum Gasteiger partial charge on any atom is -0.301 e. The normalized spacial score (nSPS) is 9.83. The minimum absolute atomic E-state index is 0.230.